The van der Waals surface area contributed by atoms with Crippen LogP contribution in [0.2, 0.25) is 0 Å². The number of benzene rings is 1. The Morgan fingerprint density at radius 3 is 2.39 bits per heavy atom. The fourth-order valence-electron chi connectivity index (χ4n) is 2.60. The van der Waals surface area contributed by atoms with Crippen molar-refractivity contribution in [3.05, 3.63) is 57.3 Å². The zero-order chi connectivity index (χ0) is 20.6. The third-order valence-corrected chi connectivity index (χ3v) is 4.95. The smallest absolute Gasteiger partial charge is 0.367 e. The van der Waals surface area contributed by atoms with E-state index in [2.05, 4.69) is 46.3 Å². The van der Waals surface area contributed by atoms with Crippen molar-refractivity contribution in [1.29, 1.82) is 0 Å². The van der Waals surface area contributed by atoms with E-state index in [1.54, 1.807) is 30.5 Å². The van der Waals surface area contributed by atoms with Gasteiger partial charge in [-0.1, -0.05) is 24.3 Å². The molecule has 1 aromatic carbocycles. The lowest BCUT2D eigenvalue weighted by atomic mass is 10.1. The zero-order valence-electron chi connectivity index (χ0n) is 16.3. The molecule has 1 aromatic heterocycles. The van der Waals surface area contributed by atoms with E-state index < -0.39 is 12.8 Å². The Labute approximate surface area is 167 Å². The van der Waals surface area contributed by atoms with Crippen molar-refractivity contribution in [2.45, 2.75) is 45.6 Å². The normalized spacial score (nSPS) is 13.4. The number of guanidine groups is 1. The molecule has 2 rings (SSSR count). The lowest BCUT2D eigenvalue weighted by molar-refractivity contribution is -0.176. The van der Waals surface area contributed by atoms with Gasteiger partial charge in [-0.3, -0.25) is 4.99 Å². The molecule has 2 N–H and O–H groups in total. The van der Waals surface area contributed by atoms with E-state index in [0.717, 1.165) is 12.0 Å². The Kier molecular flexibility index (Phi) is 8.32. The summed E-state index contributed by atoms with van der Waals surface area (Å²) in [5, 5.41) is 6.62. The molecule has 0 aliphatic rings. The maximum atomic E-state index is 12.1. The molecule has 4 nitrogen and oxygen atoms in total. The van der Waals surface area contributed by atoms with E-state index >= 15 is 0 Å². The fourth-order valence-corrected chi connectivity index (χ4v) is 3.62. The summed E-state index contributed by atoms with van der Waals surface area (Å²) in [6, 6.07) is 11.8. The van der Waals surface area contributed by atoms with Gasteiger partial charge in [0.15, 0.2) is 5.96 Å². The number of rotatable bonds is 8. The zero-order valence-corrected chi connectivity index (χ0v) is 17.1. The molecule has 28 heavy (non-hydrogen) atoms. The van der Waals surface area contributed by atoms with Crippen LogP contribution in [0.15, 0.2) is 41.4 Å². The minimum Gasteiger partial charge on any atom is -0.367 e. The van der Waals surface area contributed by atoms with Crippen molar-refractivity contribution < 1.29 is 17.9 Å². The predicted molar refractivity (Wildman–Crippen MR) is 108 cm³/mol. The molecule has 0 saturated heterocycles. The third kappa shape index (κ3) is 8.31. The number of aliphatic imine (C=N–C) groups is 1. The summed E-state index contributed by atoms with van der Waals surface area (Å²) in [5.41, 5.74) is 1.71. The van der Waals surface area contributed by atoms with Crippen molar-refractivity contribution in [2.24, 2.45) is 4.99 Å². The van der Waals surface area contributed by atoms with Gasteiger partial charge in [-0.05, 0) is 37.1 Å². The molecule has 1 unspecified atom stereocenters. The minimum atomic E-state index is -4.30. The summed E-state index contributed by atoms with van der Waals surface area (Å²) in [6.45, 7) is 3.48. The molecule has 8 heteroatoms. The highest BCUT2D eigenvalue weighted by molar-refractivity contribution is 7.11. The molecule has 0 aliphatic carbocycles. The number of nitrogens with one attached hydrogen (secondary N) is 2. The van der Waals surface area contributed by atoms with E-state index in [1.807, 2.05) is 12.1 Å². The average Bonchev–Trinajstić information content (AvgIpc) is 3.03. The largest absolute Gasteiger partial charge is 0.411 e. The number of hydrogen-bond donors (Lipinski definition) is 2. The molecular weight excluding hydrogens is 387 g/mol. The Bertz CT molecular complexity index is 757. The Hall–Kier alpha value is -2.06. The Morgan fingerprint density at radius 2 is 1.82 bits per heavy atom. The summed E-state index contributed by atoms with van der Waals surface area (Å²) < 4.78 is 41.0. The molecule has 1 atom stereocenters. The van der Waals surface area contributed by atoms with Crippen LogP contribution in [0.4, 0.5) is 13.2 Å². The second kappa shape index (κ2) is 10.5. The first-order valence-corrected chi connectivity index (χ1v) is 9.81. The van der Waals surface area contributed by atoms with Crippen LogP contribution >= 0.6 is 11.3 Å². The average molecular weight is 414 g/mol. The summed E-state index contributed by atoms with van der Waals surface area (Å²) in [6.07, 6.45) is -3.38. The van der Waals surface area contributed by atoms with Gasteiger partial charge >= 0.3 is 6.18 Å². The lowest BCUT2D eigenvalue weighted by Crippen LogP contribution is -2.42. The van der Waals surface area contributed by atoms with Crippen LogP contribution in [0, 0.1) is 6.92 Å². The number of halogens is 3. The molecular formula is C20H26F3N3OS. The second-order valence-corrected chi connectivity index (χ2v) is 7.98. The molecule has 1 heterocycles. The molecule has 0 fully saturated rings. The van der Waals surface area contributed by atoms with Gasteiger partial charge in [0.2, 0.25) is 0 Å². The van der Waals surface area contributed by atoms with Gasteiger partial charge in [0.1, 0.15) is 6.61 Å². The van der Waals surface area contributed by atoms with Crippen LogP contribution in [0.1, 0.15) is 27.8 Å². The maximum absolute atomic E-state index is 12.1. The quantitative estimate of drug-likeness (QED) is 0.497. The van der Waals surface area contributed by atoms with Gasteiger partial charge in [0.25, 0.3) is 0 Å². The number of nitrogens with zero attached hydrogens (tertiary/aromatic N) is 1. The summed E-state index contributed by atoms with van der Waals surface area (Å²) in [4.78, 5) is 6.87. The van der Waals surface area contributed by atoms with E-state index in [4.69, 9.17) is 0 Å². The summed E-state index contributed by atoms with van der Waals surface area (Å²) in [7, 11) is 1.72. The standard InChI is InChI=1S/C20H26F3N3OS/c1-14(10-18-9-4-15(2)28-18)26-19(24-3)25-11-16-5-7-17(8-6-16)12-27-13-20(21,22)23/h4-9,14H,10-13H2,1-3H3,(H2,24,25,26). The van der Waals surface area contributed by atoms with Gasteiger partial charge in [-0.15, -0.1) is 11.3 Å². The van der Waals surface area contributed by atoms with Crippen molar-refractivity contribution in [3.8, 4) is 0 Å². The lowest BCUT2D eigenvalue weighted by Gasteiger charge is -2.17. The van der Waals surface area contributed by atoms with Crippen LogP contribution in [0.3, 0.4) is 0 Å². The molecule has 2 aromatic rings. The molecule has 0 saturated carbocycles. The van der Waals surface area contributed by atoms with Crippen LogP contribution < -0.4 is 10.6 Å². The van der Waals surface area contributed by atoms with E-state index in [0.29, 0.717) is 18.1 Å². The first-order chi connectivity index (χ1) is 13.2. The Morgan fingerprint density at radius 1 is 1.14 bits per heavy atom. The molecule has 0 bridgehead atoms. The highest BCUT2D eigenvalue weighted by Crippen LogP contribution is 2.17. The number of alkyl halides is 3. The molecule has 154 valence electrons. The van der Waals surface area contributed by atoms with Crippen LogP contribution in [-0.4, -0.2) is 31.8 Å². The maximum Gasteiger partial charge on any atom is 0.411 e. The van der Waals surface area contributed by atoms with E-state index in [-0.39, 0.29) is 12.6 Å². The SMILES string of the molecule is CN=C(NCc1ccc(COCC(F)(F)F)cc1)NC(C)Cc1ccc(C)s1. The highest BCUT2D eigenvalue weighted by Gasteiger charge is 2.27. The Balaban J connectivity index is 1.76. The minimum absolute atomic E-state index is 0.0594. The van der Waals surface area contributed by atoms with Gasteiger partial charge in [-0.2, -0.15) is 13.2 Å². The van der Waals surface area contributed by atoms with Crippen LogP contribution in [-0.2, 0) is 24.3 Å². The van der Waals surface area contributed by atoms with Gasteiger partial charge in [-0.25, -0.2) is 0 Å². The second-order valence-electron chi connectivity index (χ2n) is 6.61. The molecule has 0 aliphatic heterocycles. The van der Waals surface area contributed by atoms with Crippen molar-refractivity contribution in [2.75, 3.05) is 13.7 Å². The summed E-state index contributed by atoms with van der Waals surface area (Å²) >= 11 is 1.80. The topological polar surface area (TPSA) is 45.7 Å². The van der Waals surface area contributed by atoms with Gasteiger partial charge < -0.3 is 15.4 Å². The molecule has 0 radical (unpaired) electrons. The van der Waals surface area contributed by atoms with Crippen molar-refractivity contribution >= 4 is 17.3 Å². The monoisotopic (exact) mass is 413 g/mol. The van der Waals surface area contributed by atoms with Crippen LogP contribution in [0.25, 0.3) is 0 Å². The predicted octanol–water partition coefficient (Wildman–Crippen LogP) is 4.43. The van der Waals surface area contributed by atoms with E-state index in [9.17, 15) is 13.2 Å². The first kappa shape index (κ1) is 22.2. The van der Waals surface area contributed by atoms with Crippen molar-refractivity contribution in [1.82, 2.24) is 10.6 Å². The van der Waals surface area contributed by atoms with Gasteiger partial charge in [0.05, 0.1) is 6.61 Å². The van der Waals surface area contributed by atoms with Gasteiger partial charge in [0, 0.05) is 35.8 Å². The number of hydrogen-bond acceptors (Lipinski definition) is 3. The third-order valence-electron chi connectivity index (χ3n) is 3.93. The highest BCUT2D eigenvalue weighted by atomic mass is 32.1. The number of thiophene rings is 1. The summed E-state index contributed by atoms with van der Waals surface area (Å²) in [5.74, 6) is 0.707. The first-order valence-electron chi connectivity index (χ1n) is 9.00. The number of ether oxygens (including phenoxy) is 1. The fraction of sp³-hybridized carbons (Fsp3) is 0.450. The van der Waals surface area contributed by atoms with Crippen LogP contribution in [0.5, 0.6) is 0 Å². The van der Waals surface area contributed by atoms with E-state index in [1.165, 1.54) is 9.75 Å². The van der Waals surface area contributed by atoms with Crippen molar-refractivity contribution in [3.63, 3.8) is 0 Å². The molecule has 0 spiro atoms. The molecule has 0 amide bonds. The number of aryl methyl sites for hydroxylation is 1.